The third kappa shape index (κ3) is 3.79. The highest BCUT2D eigenvalue weighted by molar-refractivity contribution is 6.30. The van der Waals surface area contributed by atoms with Gasteiger partial charge in [0.25, 0.3) is 0 Å². The highest BCUT2D eigenvalue weighted by Gasteiger charge is 2.12. The predicted octanol–water partition coefficient (Wildman–Crippen LogP) is 5.65. The van der Waals surface area contributed by atoms with Gasteiger partial charge in [-0.2, -0.15) is 4.57 Å². The number of aromatic nitrogens is 2. The lowest BCUT2D eigenvalue weighted by Crippen LogP contribution is -2.33. The summed E-state index contributed by atoms with van der Waals surface area (Å²) in [6.45, 7) is 0.746. The van der Waals surface area contributed by atoms with E-state index in [9.17, 15) is 0 Å². The fourth-order valence-electron chi connectivity index (χ4n) is 2.70. The third-order valence-electron chi connectivity index (χ3n) is 4.02. The molecule has 0 aliphatic carbocycles. The van der Waals surface area contributed by atoms with Gasteiger partial charge >= 0.3 is 0 Å². The Bertz CT molecular complexity index is 1020. The van der Waals surface area contributed by atoms with Crippen LogP contribution in [-0.4, -0.2) is 4.98 Å². The molecule has 2 aromatic heterocycles. The maximum Gasteiger partial charge on any atom is 0.232 e. The Morgan fingerprint density at radius 3 is 2.27 bits per heavy atom. The summed E-state index contributed by atoms with van der Waals surface area (Å²) in [5, 5.41) is 1.43. The van der Waals surface area contributed by atoms with Crippen molar-refractivity contribution in [3.8, 4) is 22.8 Å². The van der Waals surface area contributed by atoms with Gasteiger partial charge in [-0.1, -0.05) is 35.3 Å². The molecule has 4 rings (SSSR count). The lowest BCUT2D eigenvalue weighted by atomic mass is 10.2. The number of benzene rings is 2. The molecular formula is C21H15Cl2N2O+. The van der Waals surface area contributed by atoms with Crippen LogP contribution < -0.4 is 4.57 Å². The van der Waals surface area contributed by atoms with Gasteiger partial charge in [0.15, 0.2) is 24.7 Å². The maximum absolute atomic E-state index is 5.95. The van der Waals surface area contributed by atoms with Crippen LogP contribution in [0.1, 0.15) is 5.56 Å². The van der Waals surface area contributed by atoms with E-state index in [1.54, 1.807) is 6.20 Å². The Balaban J connectivity index is 1.58. The molecule has 0 bridgehead atoms. The van der Waals surface area contributed by atoms with Gasteiger partial charge in [0, 0.05) is 27.2 Å². The minimum Gasteiger partial charge on any atom is -0.436 e. The van der Waals surface area contributed by atoms with Crippen LogP contribution in [0.4, 0.5) is 0 Å². The van der Waals surface area contributed by atoms with Gasteiger partial charge in [-0.15, -0.1) is 0 Å². The molecule has 0 N–H and O–H groups in total. The first-order chi connectivity index (χ1) is 12.7. The van der Waals surface area contributed by atoms with Crippen molar-refractivity contribution < 1.29 is 8.98 Å². The van der Waals surface area contributed by atoms with Crippen LogP contribution >= 0.6 is 23.2 Å². The molecule has 2 aromatic carbocycles. The summed E-state index contributed by atoms with van der Waals surface area (Å²) in [6, 6.07) is 19.3. The average Bonchev–Trinajstić information content (AvgIpc) is 3.15. The second-order valence-corrected chi connectivity index (χ2v) is 6.80. The van der Waals surface area contributed by atoms with Gasteiger partial charge in [0.05, 0.1) is 6.20 Å². The number of hydrogen-bond donors (Lipinski definition) is 0. The van der Waals surface area contributed by atoms with Crippen LogP contribution in [0.2, 0.25) is 10.0 Å². The van der Waals surface area contributed by atoms with Crippen LogP contribution in [0.5, 0.6) is 0 Å². The lowest BCUT2D eigenvalue weighted by Gasteiger charge is -2.00. The van der Waals surface area contributed by atoms with E-state index in [4.69, 9.17) is 27.6 Å². The maximum atomic E-state index is 5.95. The van der Waals surface area contributed by atoms with Crippen molar-refractivity contribution in [1.82, 2.24) is 4.98 Å². The van der Waals surface area contributed by atoms with Gasteiger partial charge < -0.3 is 4.42 Å². The van der Waals surface area contributed by atoms with Crippen molar-refractivity contribution >= 4 is 23.2 Å². The van der Waals surface area contributed by atoms with Gasteiger partial charge in [0.1, 0.15) is 5.56 Å². The van der Waals surface area contributed by atoms with Crippen LogP contribution in [0.3, 0.4) is 0 Å². The quantitative estimate of drug-likeness (QED) is 0.427. The minimum atomic E-state index is 0.584. The molecule has 128 valence electrons. The Hall–Kier alpha value is -2.62. The summed E-state index contributed by atoms with van der Waals surface area (Å²) < 4.78 is 8.02. The molecule has 0 radical (unpaired) electrons. The van der Waals surface area contributed by atoms with Crippen molar-refractivity contribution in [3.05, 3.63) is 94.9 Å². The number of hydrogen-bond acceptors (Lipinski definition) is 2. The molecule has 5 heteroatoms. The standard InChI is InChI=1S/C21H15Cl2N2O/c22-18-7-3-15(4-8-18)13-25-11-1-2-17(14-25)21-24-12-20(26-21)16-5-9-19(23)10-6-16/h1-12,14H,13H2/q+1. The van der Waals surface area contributed by atoms with Gasteiger partial charge in [0.2, 0.25) is 5.89 Å². The number of nitrogens with zero attached hydrogens (tertiary/aromatic N) is 2. The summed E-state index contributed by atoms with van der Waals surface area (Å²) in [4.78, 5) is 4.41. The van der Waals surface area contributed by atoms with Crippen LogP contribution in [0, 0.1) is 0 Å². The van der Waals surface area contributed by atoms with E-state index in [0.717, 1.165) is 22.7 Å². The van der Waals surface area contributed by atoms with Crippen molar-refractivity contribution in [2.24, 2.45) is 0 Å². The molecular weight excluding hydrogens is 367 g/mol. The molecule has 0 aliphatic heterocycles. The van der Waals surface area contributed by atoms with Crippen molar-refractivity contribution in [1.29, 1.82) is 0 Å². The van der Waals surface area contributed by atoms with E-state index in [2.05, 4.69) is 9.55 Å². The van der Waals surface area contributed by atoms with E-state index >= 15 is 0 Å². The van der Waals surface area contributed by atoms with Gasteiger partial charge in [-0.25, -0.2) is 4.98 Å². The molecule has 0 spiro atoms. The largest absolute Gasteiger partial charge is 0.436 e. The highest BCUT2D eigenvalue weighted by Crippen LogP contribution is 2.26. The van der Waals surface area contributed by atoms with Crippen LogP contribution in [-0.2, 0) is 6.54 Å². The van der Waals surface area contributed by atoms with E-state index < -0.39 is 0 Å². The summed E-state index contributed by atoms with van der Waals surface area (Å²) in [7, 11) is 0. The normalized spacial score (nSPS) is 10.8. The molecule has 0 aliphatic rings. The number of oxazole rings is 1. The smallest absolute Gasteiger partial charge is 0.232 e. The fourth-order valence-corrected chi connectivity index (χ4v) is 2.95. The highest BCUT2D eigenvalue weighted by atomic mass is 35.5. The van der Waals surface area contributed by atoms with E-state index in [1.807, 2.05) is 73.1 Å². The van der Waals surface area contributed by atoms with E-state index in [1.165, 1.54) is 5.56 Å². The topological polar surface area (TPSA) is 29.9 Å². The first-order valence-corrected chi connectivity index (χ1v) is 8.89. The molecule has 26 heavy (non-hydrogen) atoms. The zero-order chi connectivity index (χ0) is 17.9. The minimum absolute atomic E-state index is 0.584. The average molecular weight is 382 g/mol. The Morgan fingerprint density at radius 2 is 1.54 bits per heavy atom. The Kier molecular flexibility index (Phi) is 4.74. The third-order valence-corrected chi connectivity index (χ3v) is 4.52. The summed E-state index contributed by atoms with van der Waals surface area (Å²) in [6.07, 6.45) is 5.77. The number of rotatable bonds is 4. The number of pyridine rings is 1. The Labute approximate surface area is 161 Å². The second kappa shape index (κ2) is 7.32. The molecule has 0 fully saturated rings. The van der Waals surface area contributed by atoms with Gasteiger partial charge in [-0.3, -0.25) is 0 Å². The number of halogens is 2. The first-order valence-electron chi connectivity index (χ1n) is 8.13. The fraction of sp³-hybridized carbons (Fsp3) is 0.0476. The van der Waals surface area contributed by atoms with Crippen LogP contribution in [0.15, 0.2) is 83.7 Å². The second-order valence-electron chi connectivity index (χ2n) is 5.93. The summed E-state index contributed by atoms with van der Waals surface area (Å²) in [5.41, 5.74) is 3.03. The molecule has 0 saturated carbocycles. The molecule has 0 unspecified atom stereocenters. The summed E-state index contributed by atoms with van der Waals surface area (Å²) >= 11 is 11.9. The van der Waals surface area contributed by atoms with Crippen molar-refractivity contribution in [2.75, 3.05) is 0 Å². The SMILES string of the molecule is Clc1ccc(C[n+]2cccc(-c3ncc(-c4ccc(Cl)cc4)o3)c2)cc1. The predicted molar refractivity (Wildman–Crippen MR) is 103 cm³/mol. The molecule has 0 amide bonds. The Morgan fingerprint density at radius 1 is 0.846 bits per heavy atom. The molecule has 3 nitrogen and oxygen atoms in total. The monoisotopic (exact) mass is 381 g/mol. The van der Waals surface area contributed by atoms with Crippen molar-refractivity contribution in [3.63, 3.8) is 0 Å². The molecule has 0 atom stereocenters. The molecule has 0 saturated heterocycles. The zero-order valence-corrected chi connectivity index (χ0v) is 15.3. The first kappa shape index (κ1) is 16.8. The van der Waals surface area contributed by atoms with Crippen LogP contribution in [0.25, 0.3) is 22.8 Å². The molecule has 2 heterocycles. The van der Waals surface area contributed by atoms with Crippen molar-refractivity contribution in [2.45, 2.75) is 6.54 Å². The van der Waals surface area contributed by atoms with Gasteiger partial charge in [-0.05, 0) is 42.5 Å². The van der Waals surface area contributed by atoms with E-state index in [-0.39, 0.29) is 0 Å². The summed E-state index contributed by atoms with van der Waals surface area (Å²) in [5.74, 6) is 1.30. The zero-order valence-electron chi connectivity index (χ0n) is 13.8. The molecule has 4 aromatic rings. The van der Waals surface area contributed by atoms with E-state index in [0.29, 0.717) is 16.7 Å². The lowest BCUT2D eigenvalue weighted by molar-refractivity contribution is -0.687.